The van der Waals surface area contributed by atoms with Gasteiger partial charge >= 0.3 is 81.6 Å². The number of hydrazine groups is 4. The largest absolute Gasteiger partial charge is 0 e. The molecule has 0 rings (SSSR count). The summed E-state index contributed by atoms with van der Waals surface area (Å²) in [5.41, 5.74) is 0. The van der Waals surface area contributed by atoms with E-state index in [1.54, 1.807) is 28.2 Å². The molecule has 0 aliphatic carbocycles. The van der Waals surface area contributed by atoms with Crippen molar-refractivity contribution in [2.45, 2.75) is 0 Å². The van der Waals surface area contributed by atoms with Crippen molar-refractivity contribution in [1.82, 2.24) is 15.9 Å². The summed E-state index contributed by atoms with van der Waals surface area (Å²) in [5.74, 6) is 22.9. The Labute approximate surface area is 102 Å². The maximum absolute atomic E-state index is 5.73. The van der Waals surface area contributed by atoms with Gasteiger partial charge in [0.1, 0.15) is 0 Å². The van der Waals surface area contributed by atoms with Gasteiger partial charge in [-0.15, -0.1) is 0 Å². The molecule has 0 spiro atoms. The summed E-state index contributed by atoms with van der Waals surface area (Å²) in [6, 6.07) is 0. The Balaban J connectivity index is 0. The zero-order chi connectivity index (χ0) is 10.8. The van der Waals surface area contributed by atoms with E-state index in [9.17, 15) is 0 Å². The minimum Gasteiger partial charge on any atom is 0 e. The van der Waals surface area contributed by atoms with Gasteiger partial charge in [0.15, 0.2) is 0 Å². The molecule has 0 aromatic rings. The van der Waals surface area contributed by atoms with Crippen molar-refractivity contribution in [3.63, 3.8) is 0 Å². The average Bonchev–Trinajstić information content (AvgIpc) is 1.82. The van der Waals surface area contributed by atoms with E-state index in [-0.39, 0.29) is 20.1 Å². The Bertz CT molecular complexity index is 124. The summed E-state index contributed by atoms with van der Waals surface area (Å²) >= 11 is -3.22. The molecule has 0 unspecified atom stereocenters. The molecule has 0 amide bonds. The second-order valence-corrected chi connectivity index (χ2v) is 11.5. The molecule has 0 aliphatic rings. The van der Waals surface area contributed by atoms with E-state index < -0.39 is 14.2 Å². The molecule has 8 N–H and O–H groups in total. The van der Waals surface area contributed by atoms with E-state index in [1.807, 2.05) is 0 Å². The first-order chi connectivity index (χ1) is 5.77. The smallest absolute Gasteiger partial charge is 0 e. The van der Waals surface area contributed by atoms with Crippen LogP contribution in [0.3, 0.4) is 0 Å². The molecule has 10 heteroatoms. The fourth-order valence-corrected chi connectivity index (χ4v) is 7.76. The number of hydrogen-bond acceptors (Lipinski definition) is 8. The molecule has 0 aromatic carbocycles. The second kappa shape index (κ2) is 6.45. The molecule has 8 nitrogen and oxygen atoms in total. The van der Waals surface area contributed by atoms with Crippen LogP contribution in [0.1, 0.15) is 0 Å². The normalized spacial score (nSPS) is 12.9. The maximum atomic E-state index is 5.73. The zero-order valence-electron chi connectivity index (χ0n) is 8.98. The minimum absolute atomic E-state index is 0. The van der Waals surface area contributed by atoms with Crippen molar-refractivity contribution in [2.24, 2.45) is 23.4 Å². The fourth-order valence-electron chi connectivity index (χ4n) is 1.49. The van der Waals surface area contributed by atoms with Crippen LogP contribution in [-0.2, 0) is 20.1 Å². The quantitative estimate of drug-likeness (QED) is 0.236. The predicted octanol–water partition coefficient (Wildman–Crippen LogP) is -3.36. The first-order valence-electron chi connectivity index (χ1n) is 3.72. The van der Waals surface area contributed by atoms with Crippen molar-refractivity contribution in [2.75, 3.05) is 28.2 Å². The van der Waals surface area contributed by atoms with E-state index in [4.69, 9.17) is 23.4 Å². The topological polar surface area (TPSA) is 117 Å². The summed E-state index contributed by atoms with van der Waals surface area (Å²) in [6.07, 6.45) is 0. The molecule has 0 heterocycles. The van der Waals surface area contributed by atoms with Crippen LogP contribution >= 0.6 is 0 Å². The van der Waals surface area contributed by atoms with Crippen LogP contribution in [0.4, 0.5) is 0 Å². The van der Waals surface area contributed by atoms with Crippen LogP contribution in [0, 0.1) is 0 Å². The maximum Gasteiger partial charge on any atom is 0 e. The Morgan fingerprint density at radius 2 is 0.786 bits per heavy atom. The van der Waals surface area contributed by atoms with Crippen molar-refractivity contribution < 1.29 is 20.1 Å². The summed E-state index contributed by atoms with van der Waals surface area (Å²) in [6.45, 7) is 0. The number of rotatable bonds is 4. The average molecular weight is 352 g/mol. The van der Waals surface area contributed by atoms with Crippen LogP contribution in [0.5, 0.6) is 0 Å². The third kappa shape index (κ3) is 2.93. The second-order valence-electron chi connectivity index (χ2n) is 3.04. The molecule has 0 bridgehead atoms. The van der Waals surface area contributed by atoms with Crippen molar-refractivity contribution in [3.8, 4) is 0 Å². The molecular formula is C4H20GeN8Tc. The molecule has 0 aliphatic heterocycles. The number of hydrogen-bond donors (Lipinski definition) is 4. The standard InChI is InChI=1S/C4H20GeN8.Tc/c1-10(6)5(11(2)7,12(3)8)13(4)9;/h6-9H2,1-4H3;/i;1+1. The fraction of sp³-hybridized carbons (Fsp3) is 1.00. The third-order valence-electron chi connectivity index (χ3n) is 1.89. The van der Waals surface area contributed by atoms with Gasteiger partial charge in [-0.3, -0.25) is 0 Å². The van der Waals surface area contributed by atoms with Crippen LogP contribution in [0.25, 0.3) is 0 Å². The molecule has 1 radical (unpaired) electrons. The first kappa shape index (κ1) is 17.3. The summed E-state index contributed by atoms with van der Waals surface area (Å²) in [5, 5.41) is 0. The van der Waals surface area contributed by atoms with Gasteiger partial charge in [0, 0.05) is 20.1 Å². The van der Waals surface area contributed by atoms with Crippen LogP contribution in [-0.4, -0.2) is 58.2 Å². The van der Waals surface area contributed by atoms with E-state index in [1.165, 1.54) is 15.9 Å². The molecule has 0 atom stereocenters. The van der Waals surface area contributed by atoms with Gasteiger partial charge in [0.2, 0.25) is 0 Å². The Morgan fingerprint density at radius 1 is 0.643 bits per heavy atom. The van der Waals surface area contributed by atoms with Gasteiger partial charge in [0.05, 0.1) is 0 Å². The molecule has 0 saturated carbocycles. The summed E-state index contributed by atoms with van der Waals surface area (Å²) in [4.78, 5) is 0. The zero-order valence-corrected chi connectivity index (χ0v) is 12.9. The van der Waals surface area contributed by atoms with E-state index in [0.29, 0.717) is 0 Å². The Kier molecular flexibility index (Phi) is 7.96. The van der Waals surface area contributed by atoms with Crippen LogP contribution in [0.2, 0.25) is 0 Å². The van der Waals surface area contributed by atoms with Gasteiger partial charge in [-0.2, -0.15) is 0 Å². The molecular weight excluding hydrogens is 332 g/mol. The number of nitrogens with two attached hydrogens (primary N) is 4. The van der Waals surface area contributed by atoms with E-state index >= 15 is 0 Å². The van der Waals surface area contributed by atoms with Crippen LogP contribution in [0.15, 0.2) is 0 Å². The predicted molar refractivity (Wildman–Crippen MR) is 53.6 cm³/mol. The van der Waals surface area contributed by atoms with Crippen molar-refractivity contribution in [1.29, 1.82) is 0 Å². The summed E-state index contributed by atoms with van der Waals surface area (Å²) < 4.78 is 6.00. The van der Waals surface area contributed by atoms with Crippen molar-refractivity contribution in [3.05, 3.63) is 0 Å². The monoisotopic (exact) mass is 353 g/mol. The van der Waals surface area contributed by atoms with Gasteiger partial charge in [-0.1, -0.05) is 0 Å². The van der Waals surface area contributed by atoms with Gasteiger partial charge in [0.25, 0.3) is 0 Å². The molecule has 0 saturated heterocycles. The molecule has 14 heavy (non-hydrogen) atoms. The number of nitrogens with zero attached hydrogens (tertiary/aromatic N) is 4. The minimum atomic E-state index is -3.22. The molecule has 0 aromatic heterocycles. The Morgan fingerprint density at radius 3 is 0.786 bits per heavy atom. The molecule has 0 fully saturated rings. The van der Waals surface area contributed by atoms with E-state index in [0.717, 1.165) is 0 Å². The summed E-state index contributed by atoms with van der Waals surface area (Å²) in [7, 11) is 6.82. The van der Waals surface area contributed by atoms with Gasteiger partial charge in [-0.05, 0) is 0 Å². The third-order valence-corrected chi connectivity index (χ3v) is 9.84. The van der Waals surface area contributed by atoms with Crippen molar-refractivity contribution >= 4 is 14.2 Å². The molecule has 87 valence electrons. The van der Waals surface area contributed by atoms with Crippen LogP contribution < -0.4 is 23.4 Å². The Hall–Kier alpha value is 0.872. The van der Waals surface area contributed by atoms with E-state index in [2.05, 4.69) is 0 Å². The van der Waals surface area contributed by atoms with Gasteiger partial charge < -0.3 is 0 Å². The SMILES string of the molecule is C[N](N)[Ge]([N](C)N)([N](C)N)[N](C)N.[99Tc]. The van der Waals surface area contributed by atoms with Gasteiger partial charge in [-0.25, -0.2) is 0 Å². The first-order valence-corrected chi connectivity index (χ1v) is 7.47.